The van der Waals surface area contributed by atoms with Crippen LogP contribution in [0.5, 0.6) is 0 Å². The number of aryl methyl sites for hydroxylation is 1. The minimum absolute atomic E-state index is 0.0321. The van der Waals surface area contributed by atoms with Crippen LogP contribution >= 0.6 is 11.8 Å². The van der Waals surface area contributed by atoms with Gasteiger partial charge < -0.3 is 5.73 Å². The molecule has 3 aromatic rings. The number of thioether (sulfide) groups is 1. The summed E-state index contributed by atoms with van der Waals surface area (Å²) in [5.41, 5.74) is 10.3. The molecule has 6 nitrogen and oxygen atoms in total. The average molecular weight is 404 g/mol. The van der Waals surface area contributed by atoms with E-state index in [1.54, 1.807) is 12.1 Å². The molecule has 0 aliphatic heterocycles. The van der Waals surface area contributed by atoms with Crippen LogP contribution in [0.25, 0.3) is 11.1 Å². The second kappa shape index (κ2) is 9.66. The van der Waals surface area contributed by atoms with Crippen molar-refractivity contribution in [3.05, 3.63) is 99.6 Å². The van der Waals surface area contributed by atoms with Gasteiger partial charge in [0.25, 0.3) is 5.69 Å². The van der Waals surface area contributed by atoms with Crippen molar-refractivity contribution in [3.63, 3.8) is 0 Å². The molecule has 3 rings (SSSR count). The summed E-state index contributed by atoms with van der Waals surface area (Å²) in [6, 6.07) is 22.8. The van der Waals surface area contributed by atoms with Crippen molar-refractivity contribution < 1.29 is 4.92 Å². The Bertz CT molecular complexity index is 1050. The van der Waals surface area contributed by atoms with Gasteiger partial charge in [0.05, 0.1) is 16.7 Å². The van der Waals surface area contributed by atoms with Crippen LogP contribution in [0.4, 0.5) is 5.69 Å². The molecule has 0 saturated heterocycles. The number of amidine groups is 1. The van der Waals surface area contributed by atoms with Crippen LogP contribution in [-0.4, -0.2) is 16.3 Å². The Balaban J connectivity index is 1.77. The maximum atomic E-state index is 11.3. The van der Waals surface area contributed by atoms with Gasteiger partial charge in [0.15, 0.2) is 5.17 Å². The largest absolute Gasteiger partial charge is 0.377 e. The van der Waals surface area contributed by atoms with Gasteiger partial charge in [0, 0.05) is 11.8 Å². The molecule has 0 unspecified atom stereocenters. The molecule has 0 amide bonds. The fourth-order valence-corrected chi connectivity index (χ4v) is 3.27. The summed E-state index contributed by atoms with van der Waals surface area (Å²) in [5, 5.41) is 19.6. The van der Waals surface area contributed by atoms with Gasteiger partial charge in [-0.1, -0.05) is 71.9 Å². The number of rotatable bonds is 6. The molecule has 0 spiro atoms. The predicted octanol–water partition coefficient (Wildman–Crippen LogP) is 5.15. The minimum atomic E-state index is -0.433. The second-order valence-corrected chi connectivity index (χ2v) is 7.35. The number of benzene rings is 3. The lowest BCUT2D eigenvalue weighted by Crippen LogP contribution is -2.06. The second-order valence-electron chi connectivity index (χ2n) is 6.35. The van der Waals surface area contributed by atoms with Crippen LogP contribution in [0.2, 0.25) is 0 Å². The predicted molar refractivity (Wildman–Crippen MR) is 120 cm³/mol. The van der Waals surface area contributed by atoms with Crippen molar-refractivity contribution in [3.8, 4) is 11.1 Å². The summed E-state index contributed by atoms with van der Waals surface area (Å²) in [5.74, 6) is 0.675. The number of nitrogens with two attached hydrogens (primary N) is 1. The zero-order chi connectivity index (χ0) is 20.6. The SMILES string of the molecule is Cc1ccc(-c2ccc([N+](=O)[O-])c(C=NN=C(N)SCc3ccccc3)c2)cc1. The summed E-state index contributed by atoms with van der Waals surface area (Å²) < 4.78 is 0. The van der Waals surface area contributed by atoms with Crippen LogP contribution in [0.3, 0.4) is 0 Å². The molecular weight excluding hydrogens is 384 g/mol. The van der Waals surface area contributed by atoms with E-state index in [0.717, 1.165) is 22.3 Å². The molecule has 0 aromatic heterocycles. The first-order chi connectivity index (χ1) is 14.0. The fourth-order valence-electron chi connectivity index (χ4n) is 2.66. The van der Waals surface area contributed by atoms with Gasteiger partial charge in [0.2, 0.25) is 0 Å². The maximum Gasteiger partial charge on any atom is 0.278 e. The maximum absolute atomic E-state index is 11.3. The van der Waals surface area contributed by atoms with Crippen molar-refractivity contribution in [2.24, 2.45) is 15.9 Å². The Morgan fingerprint density at radius 2 is 1.76 bits per heavy atom. The van der Waals surface area contributed by atoms with Gasteiger partial charge in [-0.3, -0.25) is 10.1 Å². The Labute approximate surface area is 173 Å². The van der Waals surface area contributed by atoms with Crippen molar-refractivity contribution >= 4 is 28.8 Å². The van der Waals surface area contributed by atoms with Crippen LogP contribution < -0.4 is 5.73 Å². The van der Waals surface area contributed by atoms with Gasteiger partial charge in [-0.05, 0) is 35.7 Å². The Morgan fingerprint density at radius 3 is 2.45 bits per heavy atom. The molecule has 0 aliphatic rings. The Morgan fingerprint density at radius 1 is 1.07 bits per heavy atom. The molecule has 0 bridgehead atoms. The van der Waals surface area contributed by atoms with Crippen LogP contribution in [0.1, 0.15) is 16.7 Å². The molecule has 0 atom stereocenters. The Hall–Kier alpha value is -3.45. The molecule has 0 saturated carbocycles. The van der Waals surface area contributed by atoms with Crippen molar-refractivity contribution in [1.29, 1.82) is 0 Å². The normalized spacial score (nSPS) is 11.7. The molecule has 3 aromatic carbocycles. The summed E-state index contributed by atoms with van der Waals surface area (Å²) >= 11 is 1.36. The lowest BCUT2D eigenvalue weighted by atomic mass is 10.0. The van der Waals surface area contributed by atoms with Crippen LogP contribution in [-0.2, 0) is 5.75 Å². The zero-order valence-electron chi connectivity index (χ0n) is 15.9. The molecule has 2 N–H and O–H groups in total. The van der Waals surface area contributed by atoms with E-state index in [1.165, 1.54) is 24.0 Å². The number of hydrogen-bond acceptors (Lipinski definition) is 5. The molecule has 0 radical (unpaired) electrons. The van der Waals surface area contributed by atoms with E-state index in [4.69, 9.17) is 5.73 Å². The first kappa shape index (κ1) is 20.3. The molecule has 7 heteroatoms. The molecular formula is C22H20N4O2S. The zero-order valence-corrected chi connectivity index (χ0v) is 16.7. The Kier molecular flexibility index (Phi) is 6.76. The van der Waals surface area contributed by atoms with Gasteiger partial charge in [-0.25, -0.2) is 0 Å². The van der Waals surface area contributed by atoms with Gasteiger partial charge >= 0.3 is 0 Å². The van der Waals surface area contributed by atoms with E-state index < -0.39 is 4.92 Å². The van der Waals surface area contributed by atoms with Crippen molar-refractivity contribution in [2.45, 2.75) is 12.7 Å². The van der Waals surface area contributed by atoms with E-state index in [9.17, 15) is 10.1 Å². The minimum Gasteiger partial charge on any atom is -0.377 e. The number of nitro benzene ring substituents is 1. The van der Waals surface area contributed by atoms with Gasteiger partial charge in [0.1, 0.15) is 0 Å². The molecule has 146 valence electrons. The lowest BCUT2D eigenvalue weighted by molar-refractivity contribution is -0.385. The van der Waals surface area contributed by atoms with E-state index >= 15 is 0 Å². The lowest BCUT2D eigenvalue weighted by Gasteiger charge is -2.04. The van der Waals surface area contributed by atoms with Gasteiger partial charge in [-0.15, -0.1) is 5.10 Å². The molecule has 0 fully saturated rings. The fraction of sp³-hybridized carbons (Fsp3) is 0.0909. The van der Waals surface area contributed by atoms with E-state index in [0.29, 0.717) is 16.5 Å². The highest BCUT2D eigenvalue weighted by molar-refractivity contribution is 8.13. The summed E-state index contributed by atoms with van der Waals surface area (Å²) in [6.07, 6.45) is 1.37. The summed E-state index contributed by atoms with van der Waals surface area (Å²) in [7, 11) is 0. The number of hydrogen-bond donors (Lipinski definition) is 1. The quantitative estimate of drug-likeness (QED) is 0.266. The molecule has 29 heavy (non-hydrogen) atoms. The third kappa shape index (κ3) is 5.76. The van der Waals surface area contributed by atoms with E-state index in [-0.39, 0.29) is 5.69 Å². The average Bonchev–Trinajstić information content (AvgIpc) is 2.73. The number of nitrogens with zero attached hydrogens (tertiary/aromatic N) is 3. The topological polar surface area (TPSA) is 93.9 Å². The first-order valence-corrected chi connectivity index (χ1v) is 9.90. The van der Waals surface area contributed by atoms with Crippen LogP contribution in [0.15, 0.2) is 83.0 Å². The smallest absolute Gasteiger partial charge is 0.278 e. The van der Waals surface area contributed by atoms with Crippen molar-refractivity contribution in [1.82, 2.24) is 0 Å². The third-order valence-corrected chi connectivity index (χ3v) is 5.05. The van der Waals surface area contributed by atoms with Gasteiger partial charge in [-0.2, -0.15) is 5.10 Å². The number of nitro groups is 1. The highest BCUT2D eigenvalue weighted by Gasteiger charge is 2.13. The van der Waals surface area contributed by atoms with Crippen LogP contribution in [0, 0.1) is 17.0 Å². The molecule has 0 aliphatic carbocycles. The third-order valence-electron chi connectivity index (χ3n) is 4.19. The van der Waals surface area contributed by atoms with E-state index in [2.05, 4.69) is 10.2 Å². The van der Waals surface area contributed by atoms with E-state index in [1.807, 2.05) is 61.5 Å². The summed E-state index contributed by atoms with van der Waals surface area (Å²) in [6.45, 7) is 2.01. The highest BCUT2D eigenvalue weighted by Crippen LogP contribution is 2.26. The molecule has 0 heterocycles. The standard InChI is InChI=1S/C22H20N4O2S/c1-16-7-9-18(10-8-16)19-11-12-21(26(27)28)20(13-19)14-24-25-22(23)29-15-17-5-3-2-4-6-17/h2-14H,15H2,1H3,(H2,23,25). The highest BCUT2D eigenvalue weighted by atomic mass is 32.2. The summed E-state index contributed by atoms with van der Waals surface area (Å²) in [4.78, 5) is 10.9. The monoisotopic (exact) mass is 404 g/mol. The first-order valence-electron chi connectivity index (χ1n) is 8.91. The van der Waals surface area contributed by atoms with Crippen molar-refractivity contribution in [2.75, 3.05) is 0 Å².